The SMILES string of the molecule is CCc1ccc(N(C)CC2(C#N)CCC2)cc1. The van der Waals surface area contributed by atoms with Gasteiger partial charge in [0.2, 0.25) is 0 Å². The lowest BCUT2D eigenvalue weighted by molar-refractivity contribution is 0.223. The molecule has 0 radical (unpaired) electrons. The molecule has 1 aromatic rings. The first kappa shape index (κ1) is 12.0. The summed E-state index contributed by atoms with van der Waals surface area (Å²) in [5, 5.41) is 9.24. The molecule has 0 saturated heterocycles. The van der Waals surface area contributed by atoms with Gasteiger partial charge in [0.25, 0.3) is 0 Å². The topological polar surface area (TPSA) is 27.0 Å². The lowest BCUT2D eigenvalue weighted by Crippen LogP contribution is -2.39. The van der Waals surface area contributed by atoms with E-state index in [-0.39, 0.29) is 5.41 Å². The average molecular weight is 228 g/mol. The molecule has 0 atom stereocenters. The number of hydrogen-bond donors (Lipinski definition) is 0. The molecule has 0 aliphatic heterocycles. The van der Waals surface area contributed by atoms with Crippen molar-refractivity contribution >= 4 is 5.69 Å². The molecule has 2 heteroatoms. The first-order valence-electron chi connectivity index (χ1n) is 6.40. The van der Waals surface area contributed by atoms with Crippen LogP contribution in [0.4, 0.5) is 5.69 Å². The summed E-state index contributed by atoms with van der Waals surface area (Å²) in [7, 11) is 2.08. The van der Waals surface area contributed by atoms with Crippen LogP contribution in [-0.4, -0.2) is 13.6 Å². The summed E-state index contributed by atoms with van der Waals surface area (Å²) in [6, 6.07) is 11.2. The molecule has 1 aromatic carbocycles. The number of aryl methyl sites for hydroxylation is 1. The minimum absolute atomic E-state index is 0.0851. The van der Waals surface area contributed by atoms with Crippen molar-refractivity contribution in [3.63, 3.8) is 0 Å². The molecule has 90 valence electrons. The van der Waals surface area contributed by atoms with Gasteiger partial charge in [-0.05, 0) is 37.0 Å². The zero-order chi connectivity index (χ0) is 12.3. The smallest absolute Gasteiger partial charge is 0.0748 e. The maximum absolute atomic E-state index is 9.24. The molecular weight excluding hydrogens is 208 g/mol. The van der Waals surface area contributed by atoms with Crippen LogP contribution in [0.25, 0.3) is 0 Å². The van der Waals surface area contributed by atoms with Gasteiger partial charge in [-0.3, -0.25) is 0 Å². The first-order valence-corrected chi connectivity index (χ1v) is 6.40. The zero-order valence-electron chi connectivity index (χ0n) is 10.7. The van der Waals surface area contributed by atoms with Crippen molar-refractivity contribution in [2.75, 3.05) is 18.5 Å². The summed E-state index contributed by atoms with van der Waals surface area (Å²) in [5.41, 5.74) is 2.49. The van der Waals surface area contributed by atoms with E-state index >= 15 is 0 Å². The lowest BCUT2D eigenvalue weighted by atomic mass is 9.69. The van der Waals surface area contributed by atoms with Crippen LogP contribution in [0.15, 0.2) is 24.3 Å². The second-order valence-electron chi connectivity index (χ2n) is 5.12. The quantitative estimate of drug-likeness (QED) is 0.790. The van der Waals surface area contributed by atoms with Crippen LogP contribution in [0.5, 0.6) is 0 Å². The highest BCUT2D eigenvalue weighted by Crippen LogP contribution is 2.41. The lowest BCUT2D eigenvalue weighted by Gasteiger charge is -2.39. The van der Waals surface area contributed by atoms with Crippen LogP contribution in [0.2, 0.25) is 0 Å². The second kappa shape index (κ2) is 4.79. The fraction of sp³-hybridized carbons (Fsp3) is 0.533. The molecule has 1 fully saturated rings. The van der Waals surface area contributed by atoms with E-state index in [1.165, 1.54) is 17.7 Å². The summed E-state index contributed by atoms with van der Waals surface area (Å²) < 4.78 is 0. The van der Waals surface area contributed by atoms with Gasteiger partial charge in [-0.25, -0.2) is 0 Å². The molecule has 17 heavy (non-hydrogen) atoms. The number of rotatable bonds is 4. The third-order valence-corrected chi connectivity index (χ3v) is 3.87. The maximum Gasteiger partial charge on any atom is 0.0748 e. The first-order chi connectivity index (χ1) is 8.19. The molecule has 0 aromatic heterocycles. The Morgan fingerprint density at radius 2 is 1.94 bits per heavy atom. The molecule has 0 bridgehead atoms. The van der Waals surface area contributed by atoms with Crippen molar-refractivity contribution in [3.8, 4) is 6.07 Å². The largest absolute Gasteiger partial charge is 0.373 e. The van der Waals surface area contributed by atoms with Gasteiger partial charge in [-0.2, -0.15) is 5.26 Å². The third-order valence-electron chi connectivity index (χ3n) is 3.87. The third kappa shape index (κ3) is 2.44. The zero-order valence-corrected chi connectivity index (χ0v) is 10.7. The molecule has 0 spiro atoms. The fourth-order valence-electron chi connectivity index (χ4n) is 2.44. The summed E-state index contributed by atoms with van der Waals surface area (Å²) in [4.78, 5) is 2.21. The number of hydrogen-bond acceptors (Lipinski definition) is 2. The van der Waals surface area contributed by atoms with E-state index in [1.807, 2.05) is 0 Å². The molecule has 1 aliphatic rings. The molecule has 0 amide bonds. The van der Waals surface area contributed by atoms with E-state index in [0.717, 1.165) is 25.8 Å². The van der Waals surface area contributed by atoms with Gasteiger partial charge in [0.15, 0.2) is 0 Å². The van der Waals surface area contributed by atoms with Crippen LogP contribution < -0.4 is 4.90 Å². The molecule has 2 rings (SSSR count). The normalized spacial score (nSPS) is 17.0. The summed E-state index contributed by atoms with van der Waals surface area (Å²) >= 11 is 0. The van der Waals surface area contributed by atoms with Crippen LogP contribution in [-0.2, 0) is 6.42 Å². The Morgan fingerprint density at radius 3 is 2.35 bits per heavy atom. The molecule has 0 heterocycles. The van der Waals surface area contributed by atoms with Crippen molar-refractivity contribution in [1.82, 2.24) is 0 Å². The number of anilines is 1. The minimum atomic E-state index is -0.0851. The van der Waals surface area contributed by atoms with Gasteiger partial charge in [-0.1, -0.05) is 25.5 Å². The predicted octanol–water partition coefficient (Wildman–Crippen LogP) is 3.38. The molecule has 0 unspecified atom stereocenters. The molecule has 0 N–H and O–H groups in total. The van der Waals surface area contributed by atoms with E-state index in [4.69, 9.17) is 0 Å². The van der Waals surface area contributed by atoms with E-state index in [2.05, 4.69) is 49.2 Å². The minimum Gasteiger partial charge on any atom is -0.373 e. The van der Waals surface area contributed by atoms with Gasteiger partial charge in [0, 0.05) is 19.3 Å². The highest BCUT2D eigenvalue weighted by molar-refractivity contribution is 5.47. The molecule has 1 aliphatic carbocycles. The van der Waals surface area contributed by atoms with Crippen molar-refractivity contribution in [3.05, 3.63) is 29.8 Å². The van der Waals surface area contributed by atoms with E-state index in [9.17, 15) is 5.26 Å². The van der Waals surface area contributed by atoms with E-state index in [0.29, 0.717) is 0 Å². The fourth-order valence-corrected chi connectivity index (χ4v) is 2.44. The molecular formula is C15H20N2. The average Bonchev–Trinajstić information content (AvgIpc) is 2.33. The monoisotopic (exact) mass is 228 g/mol. The van der Waals surface area contributed by atoms with Gasteiger partial charge in [-0.15, -0.1) is 0 Å². The Morgan fingerprint density at radius 1 is 1.29 bits per heavy atom. The number of nitriles is 1. The summed E-state index contributed by atoms with van der Waals surface area (Å²) in [6.07, 6.45) is 4.39. The van der Waals surface area contributed by atoms with Crippen molar-refractivity contribution in [2.45, 2.75) is 32.6 Å². The van der Waals surface area contributed by atoms with Crippen LogP contribution >= 0.6 is 0 Å². The number of benzene rings is 1. The summed E-state index contributed by atoms with van der Waals surface area (Å²) in [6.45, 7) is 3.02. The van der Waals surface area contributed by atoms with Crippen molar-refractivity contribution in [1.29, 1.82) is 5.26 Å². The highest BCUT2D eigenvalue weighted by Gasteiger charge is 2.38. The summed E-state index contributed by atoms with van der Waals surface area (Å²) in [5.74, 6) is 0. The molecule has 2 nitrogen and oxygen atoms in total. The van der Waals surface area contributed by atoms with Crippen LogP contribution in [0, 0.1) is 16.7 Å². The number of nitrogens with zero attached hydrogens (tertiary/aromatic N) is 2. The van der Waals surface area contributed by atoms with Gasteiger partial charge >= 0.3 is 0 Å². The Hall–Kier alpha value is -1.49. The van der Waals surface area contributed by atoms with Crippen molar-refractivity contribution in [2.24, 2.45) is 5.41 Å². The van der Waals surface area contributed by atoms with E-state index in [1.54, 1.807) is 0 Å². The van der Waals surface area contributed by atoms with Crippen LogP contribution in [0.3, 0.4) is 0 Å². The highest BCUT2D eigenvalue weighted by atomic mass is 15.1. The Balaban J connectivity index is 2.04. The van der Waals surface area contributed by atoms with Gasteiger partial charge in [0.05, 0.1) is 11.5 Å². The predicted molar refractivity (Wildman–Crippen MR) is 71.0 cm³/mol. The second-order valence-corrected chi connectivity index (χ2v) is 5.12. The standard InChI is InChI=1S/C15H20N2/c1-3-13-5-7-14(8-6-13)17(2)12-15(11-16)9-4-10-15/h5-8H,3-4,9-10,12H2,1-2H3. The van der Waals surface area contributed by atoms with Gasteiger partial charge < -0.3 is 4.90 Å². The Labute approximate surface area is 104 Å². The maximum atomic E-state index is 9.24. The van der Waals surface area contributed by atoms with Gasteiger partial charge in [0.1, 0.15) is 0 Å². The van der Waals surface area contributed by atoms with Crippen molar-refractivity contribution < 1.29 is 0 Å². The van der Waals surface area contributed by atoms with Crippen LogP contribution in [0.1, 0.15) is 31.7 Å². The Bertz CT molecular complexity index is 410. The van der Waals surface area contributed by atoms with E-state index < -0.39 is 0 Å². The molecule has 1 saturated carbocycles. The Kier molecular flexibility index (Phi) is 3.38.